The summed E-state index contributed by atoms with van der Waals surface area (Å²) in [5.41, 5.74) is 0.0907. The summed E-state index contributed by atoms with van der Waals surface area (Å²) < 4.78 is 43.0. The van der Waals surface area contributed by atoms with E-state index in [2.05, 4.69) is 5.32 Å². The number of benzene rings is 2. The zero-order valence-corrected chi connectivity index (χ0v) is 13.9. The molecule has 1 atom stereocenters. The van der Waals surface area contributed by atoms with Gasteiger partial charge in [-0.15, -0.1) is 0 Å². The molecule has 0 aliphatic rings. The Morgan fingerprint density at radius 3 is 2.32 bits per heavy atom. The van der Waals surface area contributed by atoms with Crippen LogP contribution >= 0.6 is 11.8 Å². The number of esters is 1. The highest BCUT2D eigenvalue weighted by Crippen LogP contribution is 2.25. The van der Waals surface area contributed by atoms with Gasteiger partial charge < -0.3 is 10.1 Å². The van der Waals surface area contributed by atoms with Gasteiger partial charge in [-0.3, -0.25) is 4.79 Å². The molecule has 0 aromatic heterocycles. The van der Waals surface area contributed by atoms with Crippen molar-refractivity contribution in [3.8, 4) is 0 Å². The van der Waals surface area contributed by atoms with Crippen LogP contribution in [0.25, 0.3) is 0 Å². The lowest BCUT2D eigenvalue weighted by atomic mass is 10.2. The highest BCUT2D eigenvalue weighted by Gasteiger charge is 2.20. The number of nitrogens with one attached hydrogen (secondary N) is 1. The molecule has 2 aromatic rings. The van der Waals surface area contributed by atoms with E-state index < -0.39 is 29.6 Å². The lowest BCUT2D eigenvalue weighted by Gasteiger charge is -2.14. The van der Waals surface area contributed by atoms with Crippen LogP contribution in [-0.2, 0) is 9.53 Å². The molecule has 2 rings (SSSR count). The number of hydrogen-bond acceptors (Lipinski definition) is 4. The van der Waals surface area contributed by atoms with Crippen LogP contribution in [0.1, 0.15) is 17.3 Å². The summed E-state index contributed by atoms with van der Waals surface area (Å²) in [5.74, 6) is -4.64. The molecule has 25 heavy (non-hydrogen) atoms. The van der Waals surface area contributed by atoms with E-state index in [1.807, 2.05) is 0 Å². The minimum Gasteiger partial charge on any atom is -0.449 e. The minimum atomic E-state index is -2.56. The molecule has 0 saturated carbocycles. The van der Waals surface area contributed by atoms with Crippen LogP contribution in [0.3, 0.4) is 0 Å². The molecule has 1 unspecified atom stereocenters. The van der Waals surface area contributed by atoms with Crippen molar-refractivity contribution in [1.82, 2.24) is 0 Å². The van der Waals surface area contributed by atoms with Crippen LogP contribution in [-0.4, -0.2) is 23.7 Å². The van der Waals surface area contributed by atoms with Gasteiger partial charge in [0.15, 0.2) is 6.10 Å². The second kappa shape index (κ2) is 8.57. The van der Waals surface area contributed by atoms with E-state index in [1.165, 1.54) is 49.4 Å². The van der Waals surface area contributed by atoms with Crippen LogP contribution in [0.4, 0.5) is 18.9 Å². The Morgan fingerprint density at radius 1 is 1.08 bits per heavy atom. The van der Waals surface area contributed by atoms with E-state index in [4.69, 9.17) is 4.74 Å². The number of carbonyl (C=O) groups excluding carboxylic acids is 2. The summed E-state index contributed by atoms with van der Waals surface area (Å²) in [6.07, 6.45) is -1.16. The fraction of sp³-hybridized carbons (Fsp3) is 0.176. The van der Waals surface area contributed by atoms with Crippen LogP contribution in [0.2, 0.25) is 0 Å². The third kappa shape index (κ3) is 5.53. The van der Waals surface area contributed by atoms with Gasteiger partial charge in [-0.25, -0.2) is 9.18 Å². The monoisotopic (exact) mass is 369 g/mol. The maximum absolute atomic E-state index is 13.5. The van der Waals surface area contributed by atoms with Crippen LogP contribution < -0.4 is 5.32 Å². The van der Waals surface area contributed by atoms with E-state index in [9.17, 15) is 22.8 Å². The van der Waals surface area contributed by atoms with Crippen LogP contribution in [0.15, 0.2) is 53.4 Å². The molecule has 0 heterocycles. The molecule has 2 aromatic carbocycles. The first-order chi connectivity index (χ1) is 11.9. The number of halogens is 3. The number of carbonyl (C=O) groups is 2. The van der Waals surface area contributed by atoms with Crippen molar-refractivity contribution < 1.29 is 27.5 Å². The maximum atomic E-state index is 13.5. The van der Waals surface area contributed by atoms with Gasteiger partial charge in [0.2, 0.25) is 0 Å². The summed E-state index contributed by atoms with van der Waals surface area (Å²) in [7, 11) is 0. The zero-order valence-electron chi connectivity index (χ0n) is 13.0. The number of ether oxygens (including phenoxy) is 1. The average Bonchev–Trinajstić information content (AvgIpc) is 2.56. The normalized spacial score (nSPS) is 11.9. The SMILES string of the molecule is CC(OC(=O)c1ccc(SC(F)F)cc1)C(=O)Nc1ccccc1F. The third-order valence-corrected chi connectivity index (χ3v) is 3.82. The number of alkyl halides is 2. The number of para-hydroxylation sites is 1. The summed E-state index contributed by atoms with van der Waals surface area (Å²) in [6, 6.07) is 11.0. The van der Waals surface area contributed by atoms with E-state index in [0.29, 0.717) is 16.7 Å². The Balaban J connectivity index is 1.95. The van der Waals surface area contributed by atoms with Crippen molar-refractivity contribution >= 4 is 29.3 Å². The maximum Gasteiger partial charge on any atom is 0.338 e. The largest absolute Gasteiger partial charge is 0.449 e. The smallest absolute Gasteiger partial charge is 0.338 e. The fourth-order valence-corrected chi connectivity index (χ4v) is 2.35. The van der Waals surface area contributed by atoms with Gasteiger partial charge in [-0.2, -0.15) is 8.78 Å². The zero-order chi connectivity index (χ0) is 18.4. The Labute approximate surface area is 146 Å². The Hall–Kier alpha value is -2.48. The van der Waals surface area contributed by atoms with Crippen LogP contribution in [0.5, 0.6) is 0 Å². The van der Waals surface area contributed by atoms with Gasteiger partial charge in [-0.05, 0) is 43.3 Å². The summed E-state index contributed by atoms with van der Waals surface area (Å²) >= 11 is 0.355. The standard InChI is InChI=1S/C17H14F3NO3S/c1-10(15(22)21-14-5-3-2-4-13(14)18)24-16(23)11-6-8-12(9-7-11)25-17(19)20/h2-10,17H,1H3,(H,21,22). The summed E-state index contributed by atoms with van der Waals surface area (Å²) in [5, 5.41) is 2.32. The van der Waals surface area contributed by atoms with Gasteiger partial charge in [0.1, 0.15) is 5.82 Å². The molecule has 1 N–H and O–H groups in total. The number of hydrogen-bond donors (Lipinski definition) is 1. The molecule has 1 amide bonds. The number of rotatable bonds is 6. The van der Waals surface area contributed by atoms with Crippen molar-refractivity contribution in [3.63, 3.8) is 0 Å². The second-order valence-electron chi connectivity index (χ2n) is 4.92. The van der Waals surface area contributed by atoms with E-state index >= 15 is 0 Å². The van der Waals surface area contributed by atoms with Crippen molar-refractivity contribution in [2.75, 3.05) is 5.32 Å². The highest BCUT2D eigenvalue weighted by molar-refractivity contribution is 7.99. The molecule has 8 heteroatoms. The van der Waals surface area contributed by atoms with Gasteiger partial charge in [-0.1, -0.05) is 23.9 Å². The Bertz CT molecular complexity index is 753. The third-order valence-electron chi connectivity index (χ3n) is 3.10. The minimum absolute atomic E-state index is 0.0243. The molecule has 132 valence electrons. The summed E-state index contributed by atoms with van der Waals surface area (Å²) in [6.45, 7) is 1.34. The van der Waals surface area contributed by atoms with E-state index in [0.717, 1.165) is 0 Å². The van der Waals surface area contributed by atoms with Crippen LogP contribution in [0, 0.1) is 5.82 Å². The predicted molar refractivity (Wildman–Crippen MR) is 88.2 cm³/mol. The lowest BCUT2D eigenvalue weighted by molar-refractivity contribution is -0.123. The molecular formula is C17H14F3NO3S. The Kier molecular flexibility index (Phi) is 6.46. The fourth-order valence-electron chi connectivity index (χ4n) is 1.85. The molecule has 0 bridgehead atoms. The molecule has 0 aliphatic heterocycles. The second-order valence-corrected chi connectivity index (χ2v) is 5.98. The number of anilines is 1. The van der Waals surface area contributed by atoms with E-state index in [1.54, 1.807) is 6.07 Å². The molecular weight excluding hydrogens is 355 g/mol. The highest BCUT2D eigenvalue weighted by atomic mass is 32.2. The lowest BCUT2D eigenvalue weighted by Crippen LogP contribution is -2.30. The molecule has 0 saturated heterocycles. The number of thioether (sulfide) groups is 1. The predicted octanol–water partition coefficient (Wildman–Crippen LogP) is 4.32. The van der Waals surface area contributed by atoms with Gasteiger partial charge in [0, 0.05) is 4.90 Å². The topological polar surface area (TPSA) is 55.4 Å². The molecule has 4 nitrogen and oxygen atoms in total. The average molecular weight is 369 g/mol. The van der Waals surface area contributed by atoms with E-state index in [-0.39, 0.29) is 11.3 Å². The van der Waals surface area contributed by atoms with Crippen molar-refractivity contribution in [2.45, 2.75) is 23.7 Å². The van der Waals surface area contributed by atoms with Crippen molar-refractivity contribution in [2.24, 2.45) is 0 Å². The molecule has 0 radical (unpaired) electrons. The van der Waals surface area contributed by atoms with Crippen molar-refractivity contribution in [1.29, 1.82) is 0 Å². The van der Waals surface area contributed by atoms with Gasteiger partial charge >= 0.3 is 5.97 Å². The summed E-state index contributed by atoms with van der Waals surface area (Å²) in [4.78, 5) is 24.2. The first-order valence-electron chi connectivity index (χ1n) is 7.18. The first kappa shape index (κ1) is 18.9. The molecule has 0 aliphatic carbocycles. The van der Waals surface area contributed by atoms with Crippen molar-refractivity contribution in [3.05, 3.63) is 59.9 Å². The first-order valence-corrected chi connectivity index (χ1v) is 8.06. The van der Waals surface area contributed by atoms with Gasteiger partial charge in [0.25, 0.3) is 11.7 Å². The Morgan fingerprint density at radius 2 is 1.72 bits per heavy atom. The van der Waals surface area contributed by atoms with Gasteiger partial charge in [0.05, 0.1) is 11.3 Å². The quantitative estimate of drug-likeness (QED) is 0.608. The molecule has 0 fully saturated rings. The number of amides is 1. The molecule has 0 spiro atoms.